The number of nitrogens with one attached hydrogen (secondary N) is 1. The summed E-state index contributed by atoms with van der Waals surface area (Å²) in [5.41, 5.74) is 7.11. The summed E-state index contributed by atoms with van der Waals surface area (Å²) >= 11 is 1.41. The molecule has 1 saturated heterocycles. The highest BCUT2D eigenvalue weighted by atomic mass is 32.2. The van der Waals surface area contributed by atoms with Crippen LogP contribution in [-0.2, 0) is 10.3 Å². The predicted molar refractivity (Wildman–Crippen MR) is 77.9 cm³/mol. The molecule has 0 aliphatic carbocycles. The number of aliphatic imine (C=N–C) groups is 1. The number of carboxylic acid groups (broad SMARTS) is 1. The van der Waals surface area contributed by atoms with Crippen LogP contribution in [0.1, 0.15) is 12.0 Å². The lowest BCUT2D eigenvalue weighted by Crippen LogP contribution is -2.41. The quantitative estimate of drug-likeness (QED) is 0.684. The van der Waals surface area contributed by atoms with E-state index in [9.17, 15) is 4.79 Å². The number of nitrogens with zero attached hydrogens (tertiary/aromatic N) is 1. The predicted octanol–water partition coefficient (Wildman–Crippen LogP) is 1.62. The third-order valence-electron chi connectivity index (χ3n) is 3.58. The Morgan fingerprint density at radius 3 is 3.20 bits per heavy atom. The summed E-state index contributed by atoms with van der Waals surface area (Å²) in [7, 11) is 0. The summed E-state index contributed by atoms with van der Waals surface area (Å²) in [6, 6.07) is 7.62. The molecular formula is C13H15N3O3S. The largest absolute Gasteiger partial charge is 0.465 e. The van der Waals surface area contributed by atoms with Gasteiger partial charge in [0.25, 0.3) is 0 Å². The fraction of sp³-hybridized carbons (Fsp3) is 0.385. The highest BCUT2D eigenvalue weighted by molar-refractivity contribution is 8.14. The van der Waals surface area contributed by atoms with Gasteiger partial charge in [0.05, 0.1) is 11.9 Å². The van der Waals surface area contributed by atoms with Gasteiger partial charge in [-0.25, -0.2) is 9.79 Å². The Balaban J connectivity index is 2.01. The van der Waals surface area contributed by atoms with E-state index < -0.39 is 11.6 Å². The standard InChI is InChI=1S/C13H15N3O3S/c14-9-3-1-2-8(6-9)13-4-5-19-7-10(13)20-11(16-13)15-12(17)18/h1-3,6,10H,4-5,7,14H2,(H,15,16)(H,17,18)/t10-,13-/m1/s1. The van der Waals surface area contributed by atoms with Crippen molar-refractivity contribution in [3.8, 4) is 0 Å². The number of thioether (sulfide) groups is 1. The molecule has 1 aromatic rings. The van der Waals surface area contributed by atoms with E-state index in [1.807, 2.05) is 24.3 Å². The Morgan fingerprint density at radius 2 is 2.45 bits per heavy atom. The number of anilines is 1. The maximum atomic E-state index is 10.8. The number of hydrogen-bond donors (Lipinski definition) is 3. The summed E-state index contributed by atoms with van der Waals surface area (Å²) < 4.78 is 5.51. The van der Waals surface area contributed by atoms with E-state index in [1.165, 1.54) is 11.8 Å². The normalized spacial score (nSPS) is 28.6. The van der Waals surface area contributed by atoms with E-state index in [-0.39, 0.29) is 5.25 Å². The molecule has 1 aromatic carbocycles. The van der Waals surface area contributed by atoms with E-state index in [2.05, 4.69) is 10.3 Å². The highest BCUT2D eigenvalue weighted by Gasteiger charge is 2.48. The first-order valence-corrected chi connectivity index (χ1v) is 7.18. The molecule has 0 bridgehead atoms. The van der Waals surface area contributed by atoms with Gasteiger partial charge in [-0.1, -0.05) is 23.9 Å². The lowest BCUT2D eigenvalue weighted by atomic mass is 9.83. The molecule has 6 nitrogen and oxygen atoms in total. The van der Waals surface area contributed by atoms with Gasteiger partial charge >= 0.3 is 6.09 Å². The summed E-state index contributed by atoms with van der Waals surface area (Å²) in [6.45, 7) is 1.16. The first-order valence-electron chi connectivity index (χ1n) is 6.30. The number of nitrogens with two attached hydrogens (primary N) is 1. The van der Waals surface area contributed by atoms with E-state index in [0.717, 1.165) is 12.0 Å². The summed E-state index contributed by atoms with van der Waals surface area (Å²) in [6.07, 6.45) is -0.377. The lowest BCUT2D eigenvalue weighted by molar-refractivity contribution is 0.0611. The van der Waals surface area contributed by atoms with Gasteiger partial charge in [0, 0.05) is 18.7 Å². The fourth-order valence-corrected chi connectivity index (χ4v) is 3.97. The second-order valence-corrected chi connectivity index (χ2v) is 6.02. The Morgan fingerprint density at radius 1 is 1.60 bits per heavy atom. The molecule has 0 spiro atoms. The maximum Gasteiger partial charge on any atom is 0.410 e. The smallest absolute Gasteiger partial charge is 0.410 e. The Hall–Kier alpha value is -1.73. The topological polar surface area (TPSA) is 96.9 Å². The molecule has 3 rings (SSSR count). The van der Waals surface area contributed by atoms with E-state index in [4.69, 9.17) is 15.6 Å². The van der Waals surface area contributed by atoms with Crippen molar-refractivity contribution in [2.24, 2.45) is 4.99 Å². The van der Waals surface area contributed by atoms with E-state index in [1.54, 1.807) is 0 Å². The Bertz CT molecular complexity index is 578. The minimum Gasteiger partial charge on any atom is -0.465 e. The second kappa shape index (κ2) is 4.99. The number of carbonyl (C=O) groups is 1. The summed E-state index contributed by atoms with van der Waals surface area (Å²) in [4.78, 5) is 15.4. The van der Waals surface area contributed by atoms with Crippen LogP contribution >= 0.6 is 11.8 Å². The first-order chi connectivity index (χ1) is 9.60. The third kappa shape index (κ3) is 2.23. The molecule has 7 heteroatoms. The number of amides is 1. The molecule has 2 atom stereocenters. The number of rotatable bonds is 1. The van der Waals surface area contributed by atoms with Crippen LogP contribution in [0.25, 0.3) is 0 Å². The molecule has 20 heavy (non-hydrogen) atoms. The zero-order chi connectivity index (χ0) is 14.2. The summed E-state index contributed by atoms with van der Waals surface area (Å²) in [5, 5.41) is 11.7. The van der Waals surface area contributed by atoms with Crippen LogP contribution in [0.15, 0.2) is 29.3 Å². The second-order valence-electron chi connectivity index (χ2n) is 4.83. The molecule has 0 radical (unpaired) electrons. The lowest BCUT2D eigenvalue weighted by Gasteiger charge is -2.36. The number of fused-ring (bicyclic) bond motifs is 1. The molecule has 0 aromatic heterocycles. The van der Waals surface area contributed by atoms with E-state index >= 15 is 0 Å². The Labute approximate surface area is 120 Å². The van der Waals surface area contributed by atoms with Crippen molar-refractivity contribution in [3.05, 3.63) is 29.8 Å². The van der Waals surface area contributed by atoms with Crippen molar-refractivity contribution >= 4 is 28.7 Å². The molecule has 2 aliphatic heterocycles. The molecule has 1 fully saturated rings. The SMILES string of the molecule is Nc1cccc([C@]23CCOC[C@H]2SC(NC(=O)O)=N3)c1. The summed E-state index contributed by atoms with van der Waals surface area (Å²) in [5.74, 6) is 0. The fourth-order valence-electron chi connectivity index (χ4n) is 2.67. The van der Waals surface area contributed by atoms with Crippen LogP contribution in [0.2, 0.25) is 0 Å². The van der Waals surface area contributed by atoms with E-state index in [0.29, 0.717) is 24.1 Å². The third-order valence-corrected chi connectivity index (χ3v) is 4.81. The molecule has 106 valence electrons. The van der Waals surface area contributed by atoms with Gasteiger partial charge < -0.3 is 15.6 Å². The van der Waals surface area contributed by atoms with Gasteiger partial charge in [-0.3, -0.25) is 5.32 Å². The monoisotopic (exact) mass is 293 g/mol. The molecule has 0 unspecified atom stereocenters. The van der Waals surface area contributed by atoms with Crippen molar-refractivity contribution in [2.45, 2.75) is 17.2 Å². The minimum atomic E-state index is -1.10. The average Bonchev–Trinajstić information content (AvgIpc) is 2.76. The van der Waals surface area contributed by atoms with Crippen molar-refractivity contribution in [1.29, 1.82) is 0 Å². The number of hydrogen-bond acceptors (Lipinski definition) is 5. The molecule has 4 N–H and O–H groups in total. The van der Waals surface area contributed by atoms with Gasteiger partial charge in [-0.05, 0) is 17.7 Å². The molecular weight excluding hydrogens is 278 g/mol. The van der Waals surface area contributed by atoms with Crippen molar-refractivity contribution in [2.75, 3.05) is 18.9 Å². The molecule has 2 aliphatic rings. The van der Waals surface area contributed by atoms with Crippen molar-refractivity contribution < 1.29 is 14.6 Å². The minimum absolute atomic E-state index is 0.0694. The van der Waals surface area contributed by atoms with Crippen LogP contribution in [0, 0.1) is 0 Å². The zero-order valence-electron chi connectivity index (χ0n) is 10.7. The molecule has 2 heterocycles. The number of ether oxygens (including phenoxy) is 1. The van der Waals surface area contributed by atoms with Crippen molar-refractivity contribution in [1.82, 2.24) is 5.32 Å². The highest BCUT2D eigenvalue weighted by Crippen LogP contribution is 2.47. The van der Waals surface area contributed by atoms with Gasteiger partial charge in [-0.15, -0.1) is 0 Å². The van der Waals surface area contributed by atoms with Gasteiger partial charge in [-0.2, -0.15) is 0 Å². The maximum absolute atomic E-state index is 10.8. The van der Waals surface area contributed by atoms with Crippen LogP contribution in [0.5, 0.6) is 0 Å². The molecule has 1 amide bonds. The van der Waals surface area contributed by atoms with Gasteiger partial charge in [0.15, 0.2) is 5.17 Å². The van der Waals surface area contributed by atoms with Crippen molar-refractivity contribution in [3.63, 3.8) is 0 Å². The Kier molecular flexibility index (Phi) is 3.31. The van der Waals surface area contributed by atoms with Crippen LogP contribution in [0.3, 0.4) is 0 Å². The molecule has 0 saturated carbocycles. The first kappa shape index (κ1) is 13.3. The number of benzene rings is 1. The van der Waals surface area contributed by atoms with Crippen LogP contribution in [0.4, 0.5) is 10.5 Å². The van der Waals surface area contributed by atoms with Gasteiger partial charge in [0.1, 0.15) is 5.54 Å². The van der Waals surface area contributed by atoms with Crippen LogP contribution < -0.4 is 11.1 Å². The number of nitrogen functional groups attached to an aromatic ring is 1. The van der Waals surface area contributed by atoms with Gasteiger partial charge in [0.2, 0.25) is 0 Å². The average molecular weight is 293 g/mol. The zero-order valence-corrected chi connectivity index (χ0v) is 11.5. The van der Waals surface area contributed by atoms with Crippen LogP contribution in [-0.4, -0.2) is 34.8 Å². The number of amidine groups is 1.